The predicted octanol–water partition coefficient (Wildman–Crippen LogP) is 6.15. The van der Waals surface area contributed by atoms with Gasteiger partial charge in [0.1, 0.15) is 5.75 Å². The van der Waals surface area contributed by atoms with E-state index in [2.05, 4.69) is 84.2 Å². The van der Waals surface area contributed by atoms with E-state index in [1.807, 2.05) is 0 Å². The first-order chi connectivity index (χ1) is 13.8. The molecule has 1 heterocycles. The minimum absolute atomic E-state index is 0.224. The maximum Gasteiger partial charge on any atom is 0.118 e. The molecule has 2 aliphatic rings. The van der Waals surface area contributed by atoms with Gasteiger partial charge >= 0.3 is 0 Å². The molecule has 2 aromatic carbocycles. The van der Waals surface area contributed by atoms with Crippen molar-refractivity contribution in [3.63, 3.8) is 0 Å². The molecular weight excluding hydrogens is 382 g/mol. The zero-order valence-electron chi connectivity index (χ0n) is 16.5. The Morgan fingerprint density at radius 1 is 1.11 bits per heavy atom. The van der Waals surface area contributed by atoms with Gasteiger partial charge in [0.05, 0.1) is 11.2 Å². The van der Waals surface area contributed by atoms with E-state index in [9.17, 15) is 0 Å². The molecule has 2 N–H and O–H groups in total. The average molecular weight is 412 g/mol. The molecule has 4 heteroatoms. The van der Waals surface area contributed by atoms with Gasteiger partial charge in [0.2, 0.25) is 0 Å². The zero-order valence-corrected chi connectivity index (χ0v) is 18.1. The molecule has 0 bridgehead atoms. The van der Waals surface area contributed by atoms with Crippen LogP contribution in [0.5, 0.6) is 5.75 Å². The molecule has 28 heavy (non-hydrogen) atoms. The molecule has 0 saturated heterocycles. The van der Waals surface area contributed by atoms with Gasteiger partial charge in [0.25, 0.3) is 0 Å². The summed E-state index contributed by atoms with van der Waals surface area (Å²) in [5, 5.41) is 0. The summed E-state index contributed by atoms with van der Waals surface area (Å²) in [6, 6.07) is 19.6. The van der Waals surface area contributed by atoms with Crippen LogP contribution in [0.1, 0.15) is 42.7 Å². The minimum Gasteiger partial charge on any atom is -0.497 e. The maximum absolute atomic E-state index is 5.93. The lowest BCUT2D eigenvalue weighted by Crippen LogP contribution is -2.40. The van der Waals surface area contributed by atoms with Gasteiger partial charge in [-0.05, 0) is 42.0 Å². The van der Waals surface area contributed by atoms with Crippen molar-refractivity contribution in [2.45, 2.75) is 35.7 Å². The summed E-state index contributed by atoms with van der Waals surface area (Å²) in [6.07, 6.45) is 7.75. The lowest BCUT2D eigenvalue weighted by molar-refractivity contribution is 0.320. The van der Waals surface area contributed by atoms with Crippen LogP contribution in [-0.2, 0) is 0 Å². The number of benzene rings is 2. The number of hydrogen-bond donors (Lipinski definition) is 1. The second kappa shape index (κ2) is 8.98. The fourth-order valence-electron chi connectivity index (χ4n) is 4.57. The van der Waals surface area contributed by atoms with Crippen LogP contribution >= 0.6 is 23.5 Å². The highest BCUT2D eigenvalue weighted by molar-refractivity contribution is 8.22. The van der Waals surface area contributed by atoms with Crippen molar-refractivity contribution in [2.75, 3.05) is 19.4 Å². The van der Waals surface area contributed by atoms with Crippen LogP contribution in [0.25, 0.3) is 4.91 Å². The van der Waals surface area contributed by atoms with E-state index in [1.54, 1.807) is 7.11 Å². The van der Waals surface area contributed by atoms with Crippen molar-refractivity contribution in [1.82, 2.24) is 0 Å². The lowest BCUT2D eigenvalue weighted by atomic mass is 9.75. The maximum atomic E-state index is 5.93. The molecule has 1 aliphatic carbocycles. The van der Waals surface area contributed by atoms with E-state index in [0.717, 1.165) is 18.0 Å². The van der Waals surface area contributed by atoms with Crippen molar-refractivity contribution in [2.24, 2.45) is 11.7 Å². The molecule has 3 unspecified atom stereocenters. The fraction of sp³-hybridized carbons (Fsp3) is 0.417. The number of rotatable bonds is 6. The van der Waals surface area contributed by atoms with Gasteiger partial charge in [-0.25, -0.2) is 0 Å². The third kappa shape index (κ3) is 4.00. The largest absolute Gasteiger partial charge is 0.497 e. The fourth-order valence-corrected chi connectivity index (χ4v) is 8.06. The van der Waals surface area contributed by atoms with E-state index in [1.165, 1.54) is 41.7 Å². The standard InChI is InChI=1S/C24H29NOS2/c1-26-20-12-10-19(11-13-20)23-17-21(18-7-3-2-4-8-18)22-9-5-6-14-24(22,28-23)27-16-15-25/h2-4,7-8,10-13,17,21-22H,5-6,9,14-16,25H2,1H3. The third-order valence-corrected chi connectivity index (χ3v) is 9.41. The van der Waals surface area contributed by atoms with E-state index in [4.69, 9.17) is 10.5 Å². The molecule has 0 radical (unpaired) electrons. The van der Waals surface area contributed by atoms with Gasteiger partial charge in [0.15, 0.2) is 0 Å². The van der Waals surface area contributed by atoms with E-state index >= 15 is 0 Å². The molecule has 0 aromatic heterocycles. The second-order valence-corrected chi connectivity index (χ2v) is 10.7. The number of ether oxygens (including phenoxy) is 1. The van der Waals surface area contributed by atoms with Gasteiger partial charge in [0, 0.05) is 23.1 Å². The van der Waals surface area contributed by atoms with Crippen LogP contribution in [0.4, 0.5) is 0 Å². The summed E-state index contributed by atoms with van der Waals surface area (Å²) in [5.74, 6) is 3.06. The number of methoxy groups -OCH3 is 1. The number of thioether (sulfide) groups is 2. The summed E-state index contributed by atoms with van der Waals surface area (Å²) in [5.41, 5.74) is 8.67. The van der Waals surface area contributed by atoms with E-state index < -0.39 is 0 Å². The minimum atomic E-state index is 0.224. The zero-order chi connectivity index (χ0) is 19.4. The Labute approximate surface area is 177 Å². The number of fused-ring (bicyclic) bond motifs is 1. The summed E-state index contributed by atoms with van der Waals surface area (Å²) < 4.78 is 5.59. The number of hydrogen-bond acceptors (Lipinski definition) is 4. The van der Waals surface area contributed by atoms with Crippen molar-refractivity contribution in [1.29, 1.82) is 0 Å². The summed E-state index contributed by atoms with van der Waals surface area (Å²) in [7, 11) is 1.72. The molecule has 1 saturated carbocycles. The molecule has 1 fully saturated rings. The normalized spacial score (nSPS) is 27.0. The SMILES string of the molecule is COc1ccc(C2=CC(c3ccccc3)C3CCCCC3(SCCN)S2)cc1. The molecule has 3 atom stereocenters. The Hall–Kier alpha value is -1.36. The van der Waals surface area contributed by atoms with Crippen molar-refractivity contribution < 1.29 is 4.74 Å². The lowest BCUT2D eigenvalue weighted by Gasteiger charge is -2.49. The highest BCUT2D eigenvalue weighted by atomic mass is 32.2. The monoisotopic (exact) mass is 411 g/mol. The average Bonchev–Trinajstić information content (AvgIpc) is 2.77. The van der Waals surface area contributed by atoms with Crippen molar-refractivity contribution >= 4 is 28.4 Å². The molecule has 2 nitrogen and oxygen atoms in total. The van der Waals surface area contributed by atoms with Gasteiger partial charge < -0.3 is 10.5 Å². The third-order valence-electron chi connectivity index (χ3n) is 5.93. The molecule has 1 aliphatic heterocycles. The summed E-state index contributed by atoms with van der Waals surface area (Å²) >= 11 is 4.20. The highest BCUT2D eigenvalue weighted by Crippen LogP contribution is 2.63. The first-order valence-corrected chi connectivity index (χ1v) is 12.0. The first kappa shape index (κ1) is 19.9. The van der Waals surface area contributed by atoms with Crippen molar-refractivity contribution in [3.8, 4) is 5.75 Å². The smallest absolute Gasteiger partial charge is 0.118 e. The Bertz CT molecular complexity index is 805. The Morgan fingerprint density at radius 3 is 2.61 bits per heavy atom. The second-order valence-electron chi connectivity index (χ2n) is 7.60. The van der Waals surface area contributed by atoms with Crippen LogP contribution in [0.15, 0.2) is 60.7 Å². The molecule has 0 amide bonds. The van der Waals surface area contributed by atoms with Crippen LogP contribution in [0.2, 0.25) is 0 Å². The molecule has 0 spiro atoms. The summed E-state index contributed by atoms with van der Waals surface area (Å²) in [6.45, 7) is 0.747. The van der Waals surface area contributed by atoms with E-state index in [-0.39, 0.29) is 4.08 Å². The Morgan fingerprint density at radius 2 is 1.89 bits per heavy atom. The molecule has 148 valence electrons. The Kier molecular flexibility index (Phi) is 6.39. The van der Waals surface area contributed by atoms with Gasteiger partial charge in [-0.3, -0.25) is 0 Å². The predicted molar refractivity (Wildman–Crippen MR) is 124 cm³/mol. The Balaban J connectivity index is 1.77. The number of allylic oxidation sites excluding steroid dienone is 1. The van der Waals surface area contributed by atoms with Gasteiger partial charge in [-0.15, -0.1) is 23.5 Å². The van der Waals surface area contributed by atoms with Crippen LogP contribution in [-0.4, -0.2) is 23.5 Å². The summed E-state index contributed by atoms with van der Waals surface area (Å²) in [4.78, 5) is 1.40. The van der Waals surface area contributed by atoms with Gasteiger partial charge in [-0.2, -0.15) is 0 Å². The molecule has 2 aromatic rings. The van der Waals surface area contributed by atoms with Crippen LogP contribution < -0.4 is 10.5 Å². The highest BCUT2D eigenvalue weighted by Gasteiger charge is 2.48. The van der Waals surface area contributed by atoms with Crippen LogP contribution in [0, 0.1) is 5.92 Å². The van der Waals surface area contributed by atoms with Gasteiger partial charge in [-0.1, -0.05) is 61.4 Å². The number of nitrogens with two attached hydrogens (primary N) is 1. The molecular formula is C24H29NOS2. The van der Waals surface area contributed by atoms with Crippen molar-refractivity contribution in [3.05, 3.63) is 71.8 Å². The van der Waals surface area contributed by atoms with Crippen LogP contribution in [0.3, 0.4) is 0 Å². The first-order valence-electron chi connectivity index (χ1n) is 10.2. The molecule has 4 rings (SSSR count). The topological polar surface area (TPSA) is 35.2 Å². The quantitative estimate of drug-likeness (QED) is 0.619. The van der Waals surface area contributed by atoms with E-state index in [0.29, 0.717) is 11.8 Å².